The van der Waals surface area contributed by atoms with Gasteiger partial charge >= 0.3 is 10.1 Å². The zero-order valence-electron chi connectivity index (χ0n) is 15.5. The van der Waals surface area contributed by atoms with Gasteiger partial charge in [-0.15, -0.1) is 0 Å². The minimum absolute atomic E-state index is 0.0230. The van der Waals surface area contributed by atoms with Gasteiger partial charge in [-0.3, -0.25) is 4.79 Å². The van der Waals surface area contributed by atoms with Crippen molar-refractivity contribution in [3.05, 3.63) is 106 Å². The fraction of sp³-hybridized carbons (Fsp3) is 0. The summed E-state index contributed by atoms with van der Waals surface area (Å²) in [7, 11) is -4.01. The molecule has 0 radical (unpaired) electrons. The molecule has 1 aliphatic heterocycles. The maximum Gasteiger partial charge on any atom is 0.339 e. The minimum atomic E-state index is -4.01. The number of benzene rings is 3. The summed E-state index contributed by atoms with van der Waals surface area (Å²) in [6, 6.07) is 20.1. The van der Waals surface area contributed by atoms with Gasteiger partial charge in [-0.05, 0) is 48.0 Å². The average Bonchev–Trinajstić information content (AvgIpc) is 3.04. The van der Waals surface area contributed by atoms with E-state index in [0.29, 0.717) is 5.56 Å². The molecule has 0 unspecified atom stereocenters. The Balaban J connectivity index is 1.52. The van der Waals surface area contributed by atoms with E-state index in [0.717, 1.165) is 10.0 Å². The number of halogens is 1. The lowest BCUT2D eigenvalue weighted by Crippen LogP contribution is -2.09. The molecular formula is C23H15BrO5S. The van der Waals surface area contributed by atoms with Crippen molar-refractivity contribution in [1.82, 2.24) is 0 Å². The number of hydrogen-bond acceptors (Lipinski definition) is 5. The highest BCUT2D eigenvalue weighted by Gasteiger charge is 2.28. The third-order valence-corrected chi connectivity index (χ3v) is 6.08. The van der Waals surface area contributed by atoms with Crippen LogP contribution >= 0.6 is 15.9 Å². The largest absolute Gasteiger partial charge is 0.452 e. The average molecular weight is 483 g/mol. The Morgan fingerprint density at radius 1 is 0.933 bits per heavy atom. The van der Waals surface area contributed by atoms with Crippen LogP contribution in [-0.4, -0.2) is 14.2 Å². The summed E-state index contributed by atoms with van der Waals surface area (Å²) in [4.78, 5) is 12.5. The highest BCUT2D eigenvalue weighted by atomic mass is 79.9. The van der Waals surface area contributed by atoms with Crippen LogP contribution in [0.4, 0.5) is 0 Å². The summed E-state index contributed by atoms with van der Waals surface area (Å²) in [6.07, 6.45) is 5.16. The van der Waals surface area contributed by atoms with Crippen LogP contribution < -0.4 is 8.92 Å². The van der Waals surface area contributed by atoms with E-state index in [1.54, 1.807) is 24.3 Å². The molecule has 150 valence electrons. The van der Waals surface area contributed by atoms with Crippen molar-refractivity contribution >= 4 is 37.9 Å². The Bertz CT molecular complexity index is 1260. The molecule has 0 spiro atoms. The van der Waals surface area contributed by atoms with Crippen molar-refractivity contribution in [2.45, 2.75) is 4.90 Å². The maximum atomic E-state index is 12.5. The van der Waals surface area contributed by atoms with Crippen molar-refractivity contribution in [3.8, 4) is 11.5 Å². The van der Waals surface area contributed by atoms with E-state index in [-0.39, 0.29) is 27.9 Å². The van der Waals surface area contributed by atoms with E-state index in [1.165, 1.54) is 30.3 Å². The first-order valence-electron chi connectivity index (χ1n) is 8.92. The Labute approximate surface area is 182 Å². The van der Waals surface area contributed by atoms with Crippen molar-refractivity contribution in [2.24, 2.45) is 0 Å². The van der Waals surface area contributed by atoms with Crippen molar-refractivity contribution in [1.29, 1.82) is 0 Å². The molecule has 0 N–H and O–H groups in total. The molecule has 0 atom stereocenters. The van der Waals surface area contributed by atoms with Gasteiger partial charge in [-0.25, -0.2) is 0 Å². The zero-order valence-corrected chi connectivity index (χ0v) is 17.9. The molecule has 0 saturated heterocycles. The predicted molar refractivity (Wildman–Crippen MR) is 117 cm³/mol. The normalized spacial score (nSPS) is 14.7. The van der Waals surface area contributed by atoms with E-state index in [2.05, 4.69) is 15.9 Å². The van der Waals surface area contributed by atoms with E-state index < -0.39 is 10.1 Å². The van der Waals surface area contributed by atoms with Gasteiger partial charge in [-0.1, -0.05) is 58.4 Å². The number of ether oxygens (including phenoxy) is 1. The van der Waals surface area contributed by atoms with Crippen LogP contribution in [0.25, 0.3) is 6.08 Å². The van der Waals surface area contributed by atoms with Crippen LogP contribution in [0.3, 0.4) is 0 Å². The Hall–Kier alpha value is -3.16. The standard InChI is InChI=1S/C23H15BrO5S/c24-17-9-12-19(13-10-17)30(26,27)29-18-11-14-20-22(15-18)28-21(23(20)25)8-4-7-16-5-2-1-3-6-16/h1-15H. The lowest BCUT2D eigenvalue weighted by molar-refractivity contribution is 0.101. The number of carbonyl (C=O) groups is 1. The van der Waals surface area contributed by atoms with Crippen molar-refractivity contribution < 1.29 is 22.1 Å². The van der Waals surface area contributed by atoms with Gasteiger partial charge in [0.05, 0.1) is 5.56 Å². The van der Waals surface area contributed by atoms with E-state index >= 15 is 0 Å². The molecule has 7 heteroatoms. The molecule has 0 fully saturated rings. The molecule has 1 aliphatic rings. The summed E-state index contributed by atoms with van der Waals surface area (Å²) in [5.74, 6) is 0.198. The van der Waals surface area contributed by atoms with Crippen LogP contribution in [0.5, 0.6) is 11.5 Å². The number of Topliss-reactive ketones (excluding diaryl/α,β-unsaturated/α-hetero) is 1. The van der Waals surface area contributed by atoms with Crippen LogP contribution in [0.15, 0.2) is 100 Å². The Kier molecular flexibility index (Phi) is 5.57. The first-order valence-corrected chi connectivity index (χ1v) is 11.1. The summed E-state index contributed by atoms with van der Waals surface area (Å²) in [5, 5.41) is 0. The molecule has 0 amide bonds. The molecule has 4 rings (SSSR count). The fourth-order valence-corrected chi connectivity index (χ4v) is 4.01. The van der Waals surface area contributed by atoms with E-state index in [4.69, 9.17) is 8.92 Å². The van der Waals surface area contributed by atoms with Crippen LogP contribution in [-0.2, 0) is 10.1 Å². The molecular weight excluding hydrogens is 468 g/mol. The monoisotopic (exact) mass is 482 g/mol. The molecule has 0 aromatic heterocycles. The van der Waals surface area contributed by atoms with E-state index in [1.807, 2.05) is 36.4 Å². The van der Waals surface area contributed by atoms with Gasteiger partial charge in [0.15, 0.2) is 5.76 Å². The molecule has 30 heavy (non-hydrogen) atoms. The highest BCUT2D eigenvalue weighted by Crippen LogP contribution is 2.35. The first-order chi connectivity index (χ1) is 14.4. The second-order valence-corrected chi connectivity index (χ2v) is 8.84. The molecule has 3 aromatic rings. The molecule has 0 saturated carbocycles. The number of hydrogen-bond donors (Lipinski definition) is 0. The van der Waals surface area contributed by atoms with Crippen LogP contribution in [0, 0.1) is 0 Å². The summed E-state index contributed by atoms with van der Waals surface area (Å²) >= 11 is 3.26. The minimum Gasteiger partial charge on any atom is -0.452 e. The summed E-state index contributed by atoms with van der Waals surface area (Å²) in [5.41, 5.74) is 1.34. The number of rotatable bonds is 5. The fourth-order valence-electron chi connectivity index (χ4n) is 2.82. The SMILES string of the molecule is O=C1C(=CC=Cc2ccccc2)Oc2cc(OS(=O)(=O)c3ccc(Br)cc3)ccc21. The number of allylic oxidation sites excluding steroid dienone is 3. The molecule has 1 heterocycles. The number of carbonyl (C=O) groups excluding carboxylic acids is 1. The lowest BCUT2D eigenvalue weighted by Gasteiger charge is -2.08. The second-order valence-electron chi connectivity index (χ2n) is 6.38. The quantitative estimate of drug-likeness (QED) is 0.360. The third kappa shape index (κ3) is 4.37. The van der Waals surface area contributed by atoms with Crippen molar-refractivity contribution in [3.63, 3.8) is 0 Å². The zero-order chi connectivity index (χ0) is 21.1. The smallest absolute Gasteiger partial charge is 0.339 e. The topological polar surface area (TPSA) is 69.7 Å². The molecule has 0 bridgehead atoms. The van der Waals surface area contributed by atoms with Crippen LogP contribution in [0.1, 0.15) is 15.9 Å². The number of ketones is 1. The van der Waals surface area contributed by atoms with Gasteiger partial charge in [0.1, 0.15) is 16.4 Å². The van der Waals surface area contributed by atoms with E-state index in [9.17, 15) is 13.2 Å². The molecule has 3 aromatic carbocycles. The predicted octanol–water partition coefficient (Wildman–Crippen LogP) is 5.39. The van der Waals surface area contributed by atoms with Gasteiger partial charge in [0, 0.05) is 10.5 Å². The van der Waals surface area contributed by atoms with Crippen molar-refractivity contribution in [2.75, 3.05) is 0 Å². The van der Waals surface area contributed by atoms with Gasteiger partial charge < -0.3 is 8.92 Å². The maximum absolute atomic E-state index is 12.5. The van der Waals surface area contributed by atoms with Crippen LogP contribution in [0.2, 0.25) is 0 Å². The lowest BCUT2D eigenvalue weighted by atomic mass is 10.1. The molecule has 5 nitrogen and oxygen atoms in total. The first kappa shape index (κ1) is 20.1. The number of fused-ring (bicyclic) bond motifs is 1. The second kappa shape index (κ2) is 8.30. The van der Waals surface area contributed by atoms with Gasteiger partial charge in [-0.2, -0.15) is 8.42 Å². The Morgan fingerprint density at radius 2 is 1.67 bits per heavy atom. The van der Waals surface area contributed by atoms with Gasteiger partial charge in [0.2, 0.25) is 5.78 Å². The van der Waals surface area contributed by atoms with Gasteiger partial charge in [0.25, 0.3) is 0 Å². The Morgan fingerprint density at radius 3 is 2.40 bits per heavy atom. The summed E-state index contributed by atoms with van der Waals surface area (Å²) in [6.45, 7) is 0. The highest BCUT2D eigenvalue weighted by molar-refractivity contribution is 9.10. The third-order valence-electron chi connectivity index (χ3n) is 4.29. The molecule has 0 aliphatic carbocycles. The summed E-state index contributed by atoms with van der Waals surface area (Å²) < 4.78 is 36.5.